The summed E-state index contributed by atoms with van der Waals surface area (Å²) in [5.74, 6) is 0.758. The van der Waals surface area contributed by atoms with Gasteiger partial charge >= 0.3 is 0 Å². The maximum Gasteiger partial charge on any atom is 0.150 e. The van der Waals surface area contributed by atoms with Crippen molar-refractivity contribution in [2.75, 3.05) is 12.4 Å². The Kier molecular flexibility index (Phi) is 5.98. The van der Waals surface area contributed by atoms with Crippen molar-refractivity contribution < 1.29 is 18.7 Å². The summed E-state index contributed by atoms with van der Waals surface area (Å²) in [6, 6.07) is 14.0. The van der Waals surface area contributed by atoms with E-state index in [2.05, 4.69) is 32.2 Å². The van der Waals surface area contributed by atoms with Crippen LogP contribution < -0.4 is 14.8 Å². The highest BCUT2D eigenvalue weighted by molar-refractivity contribution is 5.88. The summed E-state index contributed by atoms with van der Waals surface area (Å²) < 4.78 is 25.7. The average molecular weight is 446 g/mol. The summed E-state index contributed by atoms with van der Waals surface area (Å²) in [4.78, 5) is 11.3. The molecule has 0 spiro atoms. The standard InChI is InChI=1S/C28H28FNO3/c1-17-6-7-19(15-31)12-25(17)33-16-23-21(22-9-8-20(29)13-26(22)32-5)10-11-24-27(23)18(2)14-28(3,4)30-24/h6-15,30H,16H2,1-5H3. The topological polar surface area (TPSA) is 47.6 Å². The number of hydrogen-bond donors (Lipinski definition) is 1. The third kappa shape index (κ3) is 4.49. The van der Waals surface area contributed by atoms with Gasteiger partial charge in [-0.05, 0) is 68.7 Å². The van der Waals surface area contributed by atoms with Crippen molar-refractivity contribution in [1.29, 1.82) is 0 Å². The predicted octanol–water partition coefficient (Wildman–Crippen LogP) is 6.81. The molecular formula is C28H28FNO3. The summed E-state index contributed by atoms with van der Waals surface area (Å²) in [5, 5.41) is 3.58. The fourth-order valence-electron chi connectivity index (χ4n) is 4.48. The van der Waals surface area contributed by atoms with Crippen LogP contribution in [0.4, 0.5) is 10.1 Å². The maximum atomic E-state index is 13.9. The van der Waals surface area contributed by atoms with Crippen molar-refractivity contribution >= 4 is 17.5 Å². The van der Waals surface area contributed by atoms with Crippen LogP contribution in [-0.2, 0) is 6.61 Å². The fourth-order valence-corrected chi connectivity index (χ4v) is 4.48. The molecule has 170 valence electrons. The number of aldehydes is 1. The van der Waals surface area contributed by atoms with E-state index in [4.69, 9.17) is 9.47 Å². The number of anilines is 1. The summed E-state index contributed by atoms with van der Waals surface area (Å²) in [5.41, 5.74) is 7.19. The number of allylic oxidation sites excluding steroid dienone is 1. The van der Waals surface area contributed by atoms with Gasteiger partial charge < -0.3 is 14.8 Å². The molecule has 1 N–H and O–H groups in total. The molecule has 0 atom stereocenters. The van der Waals surface area contributed by atoms with Crippen molar-refractivity contribution in [3.63, 3.8) is 0 Å². The van der Waals surface area contributed by atoms with Gasteiger partial charge in [-0.25, -0.2) is 4.39 Å². The highest BCUT2D eigenvalue weighted by Gasteiger charge is 2.27. The maximum absolute atomic E-state index is 13.9. The normalized spacial score (nSPS) is 14.1. The van der Waals surface area contributed by atoms with Gasteiger partial charge in [0.2, 0.25) is 0 Å². The highest BCUT2D eigenvalue weighted by atomic mass is 19.1. The first-order valence-corrected chi connectivity index (χ1v) is 10.9. The quantitative estimate of drug-likeness (QED) is 0.424. The van der Waals surface area contributed by atoms with Crippen LogP contribution in [0.1, 0.15) is 47.8 Å². The highest BCUT2D eigenvalue weighted by Crippen LogP contribution is 2.43. The molecule has 1 heterocycles. The first-order valence-electron chi connectivity index (χ1n) is 10.9. The largest absolute Gasteiger partial charge is 0.496 e. The summed E-state index contributed by atoms with van der Waals surface area (Å²) >= 11 is 0. The molecule has 0 saturated carbocycles. The molecule has 4 nitrogen and oxygen atoms in total. The van der Waals surface area contributed by atoms with Crippen molar-refractivity contribution in [2.45, 2.75) is 39.8 Å². The summed E-state index contributed by atoms with van der Waals surface area (Å²) in [7, 11) is 1.54. The number of fused-ring (bicyclic) bond motifs is 1. The van der Waals surface area contributed by atoms with Gasteiger partial charge in [0, 0.05) is 34.0 Å². The van der Waals surface area contributed by atoms with Crippen molar-refractivity contribution in [3.8, 4) is 22.6 Å². The number of halogens is 1. The van der Waals surface area contributed by atoms with Gasteiger partial charge in [-0.3, -0.25) is 4.79 Å². The van der Waals surface area contributed by atoms with Gasteiger partial charge in [-0.1, -0.05) is 24.3 Å². The number of carbonyl (C=O) groups excluding carboxylic acids is 1. The number of hydrogen-bond acceptors (Lipinski definition) is 4. The molecule has 5 heteroatoms. The zero-order valence-electron chi connectivity index (χ0n) is 19.6. The van der Waals surface area contributed by atoms with Gasteiger partial charge in [-0.2, -0.15) is 0 Å². The molecule has 33 heavy (non-hydrogen) atoms. The average Bonchev–Trinajstić information content (AvgIpc) is 2.77. The van der Waals surface area contributed by atoms with E-state index in [9.17, 15) is 9.18 Å². The SMILES string of the molecule is COc1cc(F)ccc1-c1ccc2c(c1COc1cc(C=O)ccc1C)C(C)=CC(C)(C)N2. The van der Waals surface area contributed by atoms with E-state index in [0.29, 0.717) is 17.1 Å². The van der Waals surface area contributed by atoms with Crippen LogP contribution in [0, 0.1) is 12.7 Å². The van der Waals surface area contributed by atoms with Gasteiger partial charge in [0.05, 0.1) is 12.6 Å². The van der Waals surface area contributed by atoms with Crippen LogP contribution in [0.2, 0.25) is 0 Å². The first kappa shape index (κ1) is 22.6. The lowest BCUT2D eigenvalue weighted by molar-refractivity contribution is 0.112. The van der Waals surface area contributed by atoms with Gasteiger partial charge in [0.15, 0.2) is 0 Å². The molecule has 3 aromatic rings. The smallest absolute Gasteiger partial charge is 0.150 e. The Morgan fingerprint density at radius 1 is 1.00 bits per heavy atom. The van der Waals surface area contributed by atoms with Gasteiger partial charge in [0.1, 0.15) is 30.2 Å². The van der Waals surface area contributed by atoms with E-state index in [1.807, 2.05) is 25.1 Å². The molecule has 4 rings (SSSR count). The molecular weight excluding hydrogens is 417 g/mol. The lowest BCUT2D eigenvalue weighted by atomic mass is 9.85. The predicted molar refractivity (Wildman–Crippen MR) is 131 cm³/mol. The van der Waals surface area contributed by atoms with Crippen LogP contribution in [0.25, 0.3) is 16.7 Å². The Morgan fingerprint density at radius 3 is 2.48 bits per heavy atom. The molecule has 1 aliphatic heterocycles. The second-order valence-corrected chi connectivity index (χ2v) is 8.96. The van der Waals surface area contributed by atoms with Crippen LogP contribution in [0.15, 0.2) is 54.6 Å². The van der Waals surface area contributed by atoms with Crippen LogP contribution in [0.5, 0.6) is 11.5 Å². The Balaban J connectivity index is 1.87. The third-order valence-corrected chi connectivity index (χ3v) is 5.92. The molecule has 0 aliphatic carbocycles. The van der Waals surface area contributed by atoms with E-state index in [1.165, 1.54) is 19.2 Å². The fraction of sp³-hybridized carbons (Fsp3) is 0.250. The Labute approximate surface area is 194 Å². The van der Waals surface area contributed by atoms with E-state index < -0.39 is 0 Å². The molecule has 0 fully saturated rings. The molecule has 1 aliphatic rings. The van der Waals surface area contributed by atoms with Gasteiger partial charge in [-0.15, -0.1) is 0 Å². The van der Waals surface area contributed by atoms with E-state index in [0.717, 1.165) is 45.4 Å². The minimum absolute atomic E-state index is 0.181. The lowest BCUT2D eigenvalue weighted by Gasteiger charge is -2.33. The summed E-state index contributed by atoms with van der Waals surface area (Å²) in [6.45, 7) is 8.56. The zero-order chi connectivity index (χ0) is 23.8. The Hall–Kier alpha value is -3.60. The molecule has 0 amide bonds. The number of carbonyl (C=O) groups is 1. The van der Waals surface area contributed by atoms with Crippen molar-refractivity contribution in [1.82, 2.24) is 0 Å². The minimum atomic E-state index is -0.354. The second-order valence-electron chi connectivity index (χ2n) is 8.96. The molecule has 0 unspecified atom stereocenters. The minimum Gasteiger partial charge on any atom is -0.496 e. The molecule has 0 aromatic heterocycles. The van der Waals surface area contributed by atoms with Crippen LogP contribution in [0.3, 0.4) is 0 Å². The van der Waals surface area contributed by atoms with E-state index in [-0.39, 0.29) is 18.0 Å². The van der Waals surface area contributed by atoms with Gasteiger partial charge in [0.25, 0.3) is 0 Å². The molecule has 0 saturated heterocycles. The van der Waals surface area contributed by atoms with Crippen molar-refractivity contribution in [2.24, 2.45) is 0 Å². The lowest BCUT2D eigenvalue weighted by Crippen LogP contribution is -2.32. The molecule has 0 radical (unpaired) electrons. The summed E-state index contributed by atoms with van der Waals surface area (Å²) in [6.07, 6.45) is 3.01. The number of benzene rings is 3. The molecule has 0 bridgehead atoms. The van der Waals surface area contributed by atoms with Crippen LogP contribution in [-0.4, -0.2) is 18.9 Å². The number of aryl methyl sites for hydroxylation is 1. The Morgan fingerprint density at radius 2 is 1.76 bits per heavy atom. The second kappa shape index (κ2) is 8.74. The monoisotopic (exact) mass is 445 g/mol. The van der Waals surface area contributed by atoms with E-state index >= 15 is 0 Å². The number of ether oxygens (including phenoxy) is 2. The zero-order valence-corrected chi connectivity index (χ0v) is 19.6. The number of nitrogens with one attached hydrogen (secondary N) is 1. The first-order chi connectivity index (χ1) is 15.7. The third-order valence-electron chi connectivity index (χ3n) is 5.92. The number of rotatable bonds is 6. The Bertz CT molecular complexity index is 1260. The van der Waals surface area contributed by atoms with Crippen LogP contribution >= 0.6 is 0 Å². The van der Waals surface area contributed by atoms with Crippen molar-refractivity contribution in [3.05, 3.63) is 82.7 Å². The molecule has 3 aromatic carbocycles. The van der Waals surface area contributed by atoms with E-state index in [1.54, 1.807) is 18.2 Å². The number of methoxy groups -OCH3 is 1.